The lowest BCUT2D eigenvalue weighted by Gasteiger charge is -2.45. The molecule has 1 fully saturated rings. The van der Waals surface area contributed by atoms with Crippen LogP contribution in [0.3, 0.4) is 0 Å². The van der Waals surface area contributed by atoms with Gasteiger partial charge in [0.1, 0.15) is 0 Å². The Hall–Kier alpha value is -0.353. The molecule has 1 atom stereocenters. The molecular weight excluding hydrogens is 230 g/mol. The van der Waals surface area contributed by atoms with E-state index >= 15 is 0 Å². The Morgan fingerprint density at radius 3 is 2.35 bits per heavy atom. The molecule has 0 aromatic rings. The maximum atomic E-state index is 9.15. The standard InChI is InChI=1S/C13H27NO2Si/c1-12(2,3)17(5,6)16-13(4)10-8-7-9-11(13)14-15/h15H,7-10H2,1-6H3. The summed E-state index contributed by atoms with van der Waals surface area (Å²) in [5, 5.41) is 12.8. The lowest BCUT2D eigenvalue weighted by Crippen LogP contribution is -2.53. The monoisotopic (exact) mass is 257 g/mol. The molecule has 100 valence electrons. The number of hydrogen-bond acceptors (Lipinski definition) is 3. The fraction of sp³-hybridized carbons (Fsp3) is 0.923. The minimum atomic E-state index is -1.81. The van der Waals surface area contributed by atoms with E-state index in [1.807, 2.05) is 0 Å². The van der Waals surface area contributed by atoms with Crippen LogP contribution in [0.5, 0.6) is 0 Å². The third-order valence-corrected chi connectivity index (χ3v) is 8.91. The first-order valence-electron chi connectivity index (χ1n) is 6.54. The van der Waals surface area contributed by atoms with Gasteiger partial charge in [-0.05, 0) is 50.7 Å². The average molecular weight is 257 g/mol. The Balaban J connectivity index is 2.91. The van der Waals surface area contributed by atoms with Gasteiger partial charge in [0, 0.05) is 0 Å². The lowest BCUT2D eigenvalue weighted by atomic mass is 9.85. The highest BCUT2D eigenvalue weighted by Crippen LogP contribution is 2.42. The van der Waals surface area contributed by atoms with E-state index in [0.717, 1.165) is 31.4 Å². The molecule has 1 rings (SSSR count). The van der Waals surface area contributed by atoms with Crippen molar-refractivity contribution >= 4 is 14.0 Å². The fourth-order valence-corrected chi connectivity index (χ4v) is 3.80. The summed E-state index contributed by atoms with van der Waals surface area (Å²) in [5.74, 6) is 0. The van der Waals surface area contributed by atoms with E-state index in [1.54, 1.807) is 0 Å². The summed E-state index contributed by atoms with van der Waals surface area (Å²) in [6.07, 6.45) is 4.10. The predicted molar refractivity (Wildman–Crippen MR) is 74.4 cm³/mol. The average Bonchev–Trinajstić information content (AvgIpc) is 2.15. The molecular formula is C13H27NO2Si. The van der Waals surface area contributed by atoms with Gasteiger partial charge in [0.15, 0.2) is 8.32 Å². The summed E-state index contributed by atoms with van der Waals surface area (Å²) < 4.78 is 6.48. The van der Waals surface area contributed by atoms with Crippen molar-refractivity contribution in [2.75, 3.05) is 0 Å². The first-order valence-corrected chi connectivity index (χ1v) is 9.45. The first kappa shape index (κ1) is 14.7. The number of oxime groups is 1. The quantitative estimate of drug-likeness (QED) is 0.458. The highest BCUT2D eigenvalue weighted by atomic mass is 28.4. The molecule has 17 heavy (non-hydrogen) atoms. The van der Waals surface area contributed by atoms with Gasteiger partial charge in [-0.15, -0.1) is 0 Å². The molecule has 1 saturated carbocycles. The van der Waals surface area contributed by atoms with Gasteiger partial charge < -0.3 is 9.63 Å². The highest BCUT2D eigenvalue weighted by molar-refractivity contribution is 6.74. The van der Waals surface area contributed by atoms with E-state index in [1.165, 1.54) is 0 Å². The summed E-state index contributed by atoms with van der Waals surface area (Å²) in [5.41, 5.74) is 0.476. The van der Waals surface area contributed by atoms with Crippen molar-refractivity contribution in [3.8, 4) is 0 Å². The van der Waals surface area contributed by atoms with Crippen LogP contribution < -0.4 is 0 Å². The van der Waals surface area contributed by atoms with Crippen molar-refractivity contribution in [1.29, 1.82) is 0 Å². The molecule has 1 N–H and O–H groups in total. The summed E-state index contributed by atoms with van der Waals surface area (Å²) >= 11 is 0. The molecule has 0 aliphatic heterocycles. The van der Waals surface area contributed by atoms with Crippen LogP contribution in [-0.2, 0) is 4.43 Å². The fourth-order valence-electron chi connectivity index (χ4n) is 2.15. The van der Waals surface area contributed by atoms with Gasteiger partial charge in [-0.1, -0.05) is 25.9 Å². The molecule has 0 heterocycles. The zero-order valence-electron chi connectivity index (χ0n) is 12.1. The summed E-state index contributed by atoms with van der Waals surface area (Å²) in [6.45, 7) is 13.3. The summed E-state index contributed by atoms with van der Waals surface area (Å²) in [7, 11) is -1.81. The van der Waals surface area contributed by atoms with Crippen LogP contribution in [0, 0.1) is 0 Å². The highest BCUT2D eigenvalue weighted by Gasteiger charge is 2.45. The van der Waals surface area contributed by atoms with Crippen molar-refractivity contribution in [3.05, 3.63) is 0 Å². The van der Waals surface area contributed by atoms with Gasteiger partial charge in [-0.3, -0.25) is 0 Å². The topological polar surface area (TPSA) is 41.8 Å². The van der Waals surface area contributed by atoms with Crippen molar-refractivity contribution in [1.82, 2.24) is 0 Å². The van der Waals surface area contributed by atoms with Crippen LogP contribution in [0.25, 0.3) is 0 Å². The molecule has 0 bridgehead atoms. The van der Waals surface area contributed by atoms with E-state index in [2.05, 4.69) is 45.9 Å². The second-order valence-corrected chi connectivity index (χ2v) is 11.6. The second-order valence-electron chi connectivity index (χ2n) is 6.85. The van der Waals surface area contributed by atoms with Crippen LogP contribution in [0.1, 0.15) is 53.4 Å². The number of rotatable bonds is 2. The van der Waals surface area contributed by atoms with Gasteiger partial charge >= 0.3 is 0 Å². The van der Waals surface area contributed by atoms with Crippen LogP contribution in [0.15, 0.2) is 5.16 Å². The van der Waals surface area contributed by atoms with E-state index in [9.17, 15) is 0 Å². The smallest absolute Gasteiger partial charge is 0.193 e. The van der Waals surface area contributed by atoms with Crippen LogP contribution in [-0.4, -0.2) is 24.8 Å². The Labute approximate surface area is 106 Å². The Kier molecular flexibility index (Phi) is 4.09. The first-order chi connectivity index (χ1) is 7.62. The molecule has 3 nitrogen and oxygen atoms in total. The predicted octanol–water partition coefficient (Wildman–Crippen LogP) is 4.17. The molecule has 0 saturated heterocycles. The zero-order valence-corrected chi connectivity index (χ0v) is 13.1. The van der Waals surface area contributed by atoms with Crippen LogP contribution in [0.2, 0.25) is 18.1 Å². The third-order valence-electron chi connectivity index (χ3n) is 4.34. The number of hydrogen-bond donors (Lipinski definition) is 1. The van der Waals surface area contributed by atoms with E-state index in [4.69, 9.17) is 9.63 Å². The molecule has 1 aliphatic rings. The van der Waals surface area contributed by atoms with E-state index in [-0.39, 0.29) is 10.6 Å². The molecule has 1 unspecified atom stereocenters. The van der Waals surface area contributed by atoms with Crippen molar-refractivity contribution < 1.29 is 9.63 Å². The second kappa shape index (κ2) is 4.73. The Morgan fingerprint density at radius 2 is 1.88 bits per heavy atom. The van der Waals surface area contributed by atoms with E-state index in [0.29, 0.717) is 0 Å². The van der Waals surface area contributed by atoms with Gasteiger partial charge in [0.05, 0.1) is 11.3 Å². The van der Waals surface area contributed by atoms with Crippen molar-refractivity contribution in [2.24, 2.45) is 5.16 Å². The van der Waals surface area contributed by atoms with Crippen molar-refractivity contribution in [3.63, 3.8) is 0 Å². The van der Waals surface area contributed by atoms with Gasteiger partial charge in [-0.25, -0.2) is 0 Å². The minimum absolute atomic E-state index is 0.189. The van der Waals surface area contributed by atoms with Crippen LogP contribution in [0.4, 0.5) is 0 Å². The minimum Gasteiger partial charge on any atom is -0.411 e. The molecule has 1 aliphatic carbocycles. The Morgan fingerprint density at radius 1 is 1.29 bits per heavy atom. The van der Waals surface area contributed by atoms with Gasteiger partial charge in [-0.2, -0.15) is 0 Å². The SMILES string of the molecule is CC1(O[Si](C)(C)C(C)(C)C)CCCCC1=NO. The van der Waals surface area contributed by atoms with Gasteiger partial charge in [0.25, 0.3) is 0 Å². The summed E-state index contributed by atoms with van der Waals surface area (Å²) in [6, 6.07) is 0. The third kappa shape index (κ3) is 3.10. The maximum absolute atomic E-state index is 9.15. The maximum Gasteiger partial charge on any atom is 0.193 e. The van der Waals surface area contributed by atoms with E-state index < -0.39 is 8.32 Å². The molecule has 0 amide bonds. The molecule has 4 heteroatoms. The van der Waals surface area contributed by atoms with Crippen LogP contribution >= 0.6 is 0 Å². The molecule has 0 aromatic carbocycles. The molecule has 0 spiro atoms. The van der Waals surface area contributed by atoms with Gasteiger partial charge in [0.2, 0.25) is 0 Å². The summed E-state index contributed by atoms with van der Waals surface area (Å²) in [4.78, 5) is 0. The normalized spacial score (nSPS) is 29.6. The largest absolute Gasteiger partial charge is 0.411 e. The number of nitrogens with zero attached hydrogens (tertiary/aromatic N) is 1. The lowest BCUT2D eigenvalue weighted by molar-refractivity contribution is 0.113. The van der Waals surface area contributed by atoms with Crippen molar-refractivity contribution in [2.45, 2.75) is 77.1 Å². The Bertz CT molecular complexity index is 307. The zero-order chi connectivity index (χ0) is 13.3. The molecule has 0 aromatic heterocycles. The molecule has 0 radical (unpaired) electrons.